The van der Waals surface area contributed by atoms with Crippen molar-refractivity contribution in [2.24, 2.45) is 17.6 Å². The van der Waals surface area contributed by atoms with Gasteiger partial charge in [-0.3, -0.25) is 0 Å². The van der Waals surface area contributed by atoms with Crippen molar-refractivity contribution < 1.29 is 24.2 Å². The number of carbonyl (C=O) groups is 2. The summed E-state index contributed by atoms with van der Waals surface area (Å²) in [5.74, 6) is 0.530. The molecule has 0 aliphatic carbocycles. The minimum absolute atomic E-state index is 0.0656. The Hall–Kier alpha value is -2.07. The molecule has 2 aliphatic rings. The molecule has 0 radical (unpaired) electrons. The topological polar surface area (TPSA) is 126 Å². The number of urea groups is 1. The molecule has 2 fully saturated rings. The van der Waals surface area contributed by atoms with Crippen LogP contribution in [0.1, 0.15) is 43.8 Å². The summed E-state index contributed by atoms with van der Waals surface area (Å²) in [5.41, 5.74) is 7.19. The summed E-state index contributed by atoms with van der Waals surface area (Å²) in [6, 6.07) is 7.28. The van der Waals surface area contributed by atoms with Crippen LogP contribution in [0.25, 0.3) is 0 Å². The number of hydrogen-bond donors (Lipinski definition) is 4. The quantitative estimate of drug-likeness (QED) is 0.368. The average Bonchev–Trinajstić information content (AvgIpc) is 2.83. The number of benzene rings is 1. The number of hydrogen-bond acceptors (Lipinski definition) is 5. The Balaban J connectivity index is 1.54. The molecule has 0 spiro atoms. The van der Waals surface area contributed by atoms with E-state index in [2.05, 4.69) is 10.6 Å². The number of nitrogens with one attached hydrogen (secondary N) is 2. The number of rotatable bonds is 10. The van der Waals surface area contributed by atoms with Gasteiger partial charge >= 0.3 is 12.1 Å². The Bertz CT molecular complexity index is 792. The number of nitrogens with zero attached hydrogens (tertiary/aromatic N) is 1. The van der Waals surface area contributed by atoms with Crippen LogP contribution in [0, 0.1) is 11.8 Å². The van der Waals surface area contributed by atoms with Gasteiger partial charge in [-0.15, -0.1) is 0 Å². The molecule has 4 atom stereocenters. The van der Waals surface area contributed by atoms with E-state index in [-0.39, 0.29) is 37.2 Å². The van der Waals surface area contributed by atoms with Gasteiger partial charge in [-0.25, -0.2) is 9.59 Å². The van der Waals surface area contributed by atoms with Crippen LogP contribution in [-0.4, -0.2) is 74.2 Å². The van der Waals surface area contributed by atoms with Gasteiger partial charge in [-0.2, -0.15) is 0 Å². The predicted octanol–water partition coefficient (Wildman–Crippen LogP) is 3.23. The van der Waals surface area contributed by atoms with E-state index >= 15 is 0 Å². The van der Waals surface area contributed by atoms with Crippen molar-refractivity contribution in [3.05, 3.63) is 34.9 Å². The zero-order valence-electron chi connectivity index (χ0n) is 19.6. The average molecular weight is 497 g/mol. The maximum atomic E-state index is 12.9. The Labute approximate surface area is 206 Å². The third-order valence-electron chi connectivity index (χ3n) is 6.43. The van der Waals surface area contributed by atoms with Crippen LogP contribution in [0.2, 0.25) is 5.02 Å². The third kappa shape index (κ3) is 8.61. The summed E-state index contributed by atoms with van der Waals surface area (Å²) < 4.78 is 11.6. The molecule has 3 rings (SSSR count). The molecular weight excluding hydrogens is 460 g/mol. The molecule has 0 bridgehead atoms. The van der Waals surface area contributed by atoms with Crippen LogP contribution in [0.4, 0.5) is 9.59 Å². The Morgan fingerprint density at radius 2 is 2.15 bits per heavy atom. The van der Waals surface area contributed by atoms with Crippen LogP contribution in [0.15, 0.2) is 24.3 Å². The van der Waals surface area contributed by atoms with Crippen molar-refractivity contribution in [1.82, 2.24) is 15.5 Å². The van der Waals surface area contributed by atoms with Crippen molar-refractivity contribution in [3.63, 3.8) is 0 Å². The van der Waals surface area contributed by atoms with Crippen molar-refractivity contribution in [1.29, 1.82) is 0 Å². The number of nitrogens with two attached hydrogens (primary N) is 1. The Kier molecular flexibility index (Phi) is 10.7. The summed E-state index contributed by atoms with van der Waals surface area (Å²) >= 11 is 6.21. The Morgan fingerprint density at radius 3 is 2.88 bits per heavy atom. The fourth-order valence-electron chi connectivity index (χ4n) is 4.81. The second-order valence-electron chi connectivity index (χ2n) is 9.19. The SMILES string of the molecule is N[C@H](CNC(=O)N1CCC[C@@H]([C@@H](OCCNC(=O)O)c2cccc(Cl)c2)C1)C[C@H]1CCCOC1. The van der Waals surface area contributed by atoms with Crippen molar-refractivity contribution in [2.45, 2.75) is 44.2 Å². The van der Waals surface area contributed by atoms with E-state index in [1.54, 1.807) is 6.07 Å². The van der Waals surface area contributed by atoms with Gasteiger partial charge in [0.25, 0.3) is 0 Å². The number of piperidine rings is 1. The lowest BCUT2D eigenvalue weighted by atomic mass is 9.88. The van der Waals surface area contributed by atoms with E-state index in [0.717, 1.165) is 50.9 Å². The van der Waals surface area contributed by atoms with Crippen LogP contribution in [0.3, 0.4) is 0 Å². The normalized spacial score (nSPS) is 22.6. The van der Waals surface area contributed by atoms with Crippen LogP contribution < -0.4 is 16.4 Å². The molecule has 190 valence electrons. The zero-order chi connectivity index (χ0) is 24.3. The van der Waals surface area contributed by atoms with E-state index < -0.39 is 6.09 Å². The molecule has 0 aromatic heterocycles. The monoisotopic (exact) mass is 496 g/mol. The summed E-state index contributed by atoms with van der Waals surface area (Å²) in [7, 11) is 0. The maximum Gasteiger partial charge on any atom is 0.404 e. The van der Waals surface area contributed by atoms with Gasteiger partial charge in [0, 0.05) is 56.4 Å². The number of ether oxygens (including phenoxy) is 2. The van der Waals surface area contributed by atoms with Gasteiger partial charge in [0.1, 0.15) is 0 Å². The molecule has 10 heteroatoms. The zero-order valence-corrected chi connectivity index (χ0v) is 20.3. The van der Waals surface area contributed by atoms with Crippen molar-refractivity contribution in [3.8, 4) is 0 Å². The Morgan fingerprint density at radius 1 is 1.29 bits per heavy atom. The molecule has 5 N–H and O–H groups in total. The maximum absolute atomic E-state index is 12.9. The lowest BCUT2D eigenvalue weighted by Gasteiger charge is -2.37. The molecule has 1 aromatic rings. The molecule has 2 saturated heterocycles. The predicted molar refractivity (Wildman–Crippen MR) is 130 cm³/mol. The van der Waals surface area contributed by atoms with Crippen LogP contribution in [0.5, 0.6) is 0 Å². The first-order valence-electron chi connectivity index (χ1n) is 12.1. The van der Waals surface area contributed by atoms with E-state index in [4.69, 9.17) is 31.9 Å². The van der Waals surface area contributed by atoms with Gasteiger partial charge < -0.3 is 35.8 Å². The van der Waals surface area contributed by atoms with E-state index in [0.29, 0.717) is 30.6 Å². The van der Waals surface area contributed by atoms with Gasteiger partial charge in [-0.1, -0.05) is 23.7 Å². The first-order valence-corrected chi connectivity index (χ1v) is 12.5. The second-order valence-corrected chi connectivity index (χ2v) is 9.63. The molecule has 1 aromatic carbocycles. The number of likely N-dealkylation sites (tertiary alicyclic amines) is 1. The van der Waals surface area contributed by atoms with Gasteiger partial charge in [0.15, 0.2) is 0 Å². The number of amides is 3. The summed E-state index contributed by atoms with van der Waals surface area (Å²) in [6.45, 7) is 3.65. The molecule has 3 amide bonds. The molecule has 9 nitrogen and oxygen atoms in total. The van der Waals surface area contributed by atoms with Gasteiger partial charge in [0.2, 0.25) is 0 Å². The van der Waals surface area contributed by atoms with Crippen molar-refractivity contribution >= 4 is 23.7 Å². The lowest BCUT2D eigenvalue weighted by molar-refractivity contribution is -0.00836. The fraction of sp³-hybridized carbons (Fsp3) is 0.667. The van der Waals surface area contributed by atoms with E-state index in [1.165, 1.54) is 0 Å². The summed E-state index contributed by atoms with van der Waals surface area (Å²) in [6.07, 6.45) is 3.42. The molecule has 0 unspecified atom stereocenters. The minimum Gasteiger partial charge on any atom is -0.465 e. The molecule has 2 aliphatic heterocycles. The number of carboxylic acid groups (broad SMARTS) is 1. The summed E-state index contributed by atoms with van der Waals surface area (Å²) in [4.78, 5) is 25.5. The molecule has 2 heterocycles. The molecule has 34 heavy (non-hydrogen) atoms. The van der Waals surface area contributed by atoms with E-state index in [9.17, 15) is 9.59 Å². The van der Waals surface area contributed by atoms with Gasteiger partial charge in [-0.05, 0) is 55.7 Å². The smallest absolute Gasteiger partial charge is 0.404 e. The fourth-order valence-corrected chi connectivity index (χ4v) is 5.01. The van der Waals surface area contributed by atoms with Crippen LogP contribution >= 0.6 is 11.6 Å². The van der Waals surface area contributed by atoms with E-state index in [1.807, 2.05) is 23.1 Å². The highest BCUT2D eigenvalue weighted by Crippen LogP contribution is 2.34. The highest BCUT2D eigenvalue weighted by molar-refractivity contribution is 6.30. The third-order valence-corrected chi connectivity index (χ3v) is 6.67. The van der Waals surface area contributed by atoms with Gasteiger partial charge in [0.05, 0.1) is 12.7 Å². The largest absolute Gasteiger partial charge is 0.465 e. The highest BCUT2D eigenvalue weighted by atomic mass is 35.5. The second kappa shape index (κ2) is 13.7. The standard InChI is InChI=1S/C24H37ClN4O5/c25-20-7-1-5-18(13-20)22(34-11-8-27-24(31)32)19-6-2-9-29(15-19)23(30)28-14-21(26)12-17-4-3-10-33-16-17/h1,5,7,13,17,19,21-22,27H,2-4,6,8-12,14-16,26H2,(H,28,30)(H,31,32)/t17-,19-,21+,22+/m1/s1. The summed E-state index contributed by atoms with van der Waals surface area (Å²) in [5, 5.41) is 14.7. The van der Waals surface area contributed by atoms with Crippen molar-refractivity contribution in [2.75, 3.05) is 46.0 Å². The molecule has 0 saturated carbocycles. The lowest BCUT2D eigenvalue weighted by Crippen LogP contribution is -2.49. The number of halogens is 1. The first kappa shape index (κ1) is 26.5. The number of carbonyl (C=O) groups excluding carboxylic acids is 1. The minimum atomic E-state index is -1.09. The molecular formula is C24H37ClN4O5. The first-order chi connectivity index (χ1) is 16.4. The van der Waals surface area contributed by atoms with Crippen LogP contribution in [-0.2, 0) is 9.47 Å². The highest BCUT2D eigenvalue weighted by Gasteiger charge is 2.31.